The highest BCUT2D eigenvalue weighted by Gasteiger charge is 2.20. The smallest absolute Gasteiger partial charge is 0.313 e. The highest BCUT2D eigenvalue weighted by atomic mass is 32.2. The van der Waals surface area contributed by atoms with E-state index in [2.05, 4.69) is 20.3 Å². The lowest BCUT2D eigenvalue weighted by Crippen LogP contribution is -2.08. The molecule has 2 N–H and O–H groups in total. The Morgan fingerprint density at radius 2 is 1.83 bits per heavy atom. The van der Waals surface area contributed by atoms with Gasteiger partial charge in [-0.05, 0) is 18.4 Å². The molecule has 3 aromatic rings. The van der Waals surface area contributed by atoms with Gasteiger partial charge in [0.05, 0.1) is 5.69 Å². The van der Waals surface area contributed by atoms with E-state index in [-0.39, 0.29) is 22.4 Å². The summed E-state index contributed by atoms with van der Waals surface area (Å²) >= 11 is 0. The van der Waals surface area contributed by atoms with Crippen molar-refractivity contribution in [3.05, 3.63) is 48.3 Å². The summed E-state index contributed by atoms with van der Waals surface area (Å²) in [5.41, 5.74) is 0.0381. The number of nitrogens with one attached hydrogen (secondary N) is 1. The van der Waals surface area contributed by atoms with Crippen molar-refractivity contribution in [1.82, 2.24) is 15.0 Å². The predicted molar refractivity (Wildman–Crippen MR) is 81.6 cm³/mol. The van der Waals surface area contributed by atoms with Gasteiger partial charge in [0.15, 0.2) is 0 Å². The summed E-state index contributed by atoms with van der Waals surface area (Å²) in [6.07, 6.45) is -0.991. The molecule has 0 saturated carbocycles. The third kappa shape index (κ3) is 3.10. The highest BCUT2D eigenvalue weighted by Crippen LogP contribution is 2.31. The van der Waals surface area contributed by atoms with Crippen molar-refractivity contribution in [3.8, 4) is 0 Å². The Hall–Kier alpha value is -2.65. The van der Waals surface area contributed by atoms with Crippen molar-refractivity contribution >= 4 is 32.5 Å². The van der Waals surface area contributed by atoms with E-state index in [1.54, 1.807) is 30.3 Å². The quantitative estimate of drug-likeness (QED) is 0.709. The lowest BCUT2D eigenvalue weighted by molar-refractivity contribution is 0.484. The molecule has 2 aromatic carbocycles. The van der Waals surface area contributed by atoms with Gasteiger partial charge in [0.1, 0.15) is 10.7 Å². The van der Waals surface area contributed by atoms with Crippen LogP contribution in [-0.4, -0.2) is 27.9 Å². The lowest BCUT2D eigenvalue weighted by Gasteiger charge is -2.12. The molecule has 9 heteroatoms. The van der Waals surface area contributed by atoms with Gasteiger partial charge in [-0.2, -0.15) is 27.8 Å². The summed E-state index contributed by atoms with van der Waals surface area (Å²) in [5.74, 6) is -0.0237. The third-order valence-electron chi connectivity index (χ3n) is 3.10. The van der Waals surface area contributed by atoms with Crippen molar-refractivity contribution in [1.29, 1.82) is 0 Å². The number of rotatable bonds is 3. The molecular formula is C14H11FN4O3S. The molecule has 0 spiro atoms. The zero-order chi connectivity index (χ0) is 16.6. The van der Waals surface area contributed by atoms with E-state index in [0.717, 1.165) is 0 Å². The topological polar surface area (TPSA) is 105 Å². The largest absolute Gasteiger partial charge is 0.323 e. The fourth-order valence-corrected chi connectivity index (χ4v) is 3.11. The van der Waals surface area contributed by atoms with E-state index >= 15 is 0 Å². The molecule has 0 fully saturated rings. The van der Waals surface area contributed by atoms with E-state index < -0.39 is 16.2 Å². The molecule has 23 heavy (non-hydrogen) atoms. The van der Waals surface area contributed by atoms with Gasteiger partial charge in [0.25, 0.3) is 10.1 Å². The number of anilines is 2. The molecule has 1 aromatic heterocycles. The summed E-state index contributed by atoms with van der Waals surface area (Å²) in [6, 6.07) is 9.77. The number of halogens is 1. The standard InChI is InChI=1S/C14H11FN4O3S/c1-8-16-13(15)19-14(17-8)18-11-7-6-9-4-2-3-5-10(9)12(11)23(20,21)22/h2-7H,1H3,(H,20,21,22)(H,16,17,18,19). The Balaban J connectivity index is 2.21. The second-order valence-electron chi connectivity index (χ2n) is 4.74. The Labute approximate surface area is 131 Å². The maximum Gasteiger partial charge on any atom is 0.313 e. The van der Waals surface area contributed by atoms with Crippen LogP contribution >= 0.6 is 0 Å². The number of hydrogen-bond donors (Lipinski definition) is 2. The first kappa shape index (κ1) is 15.3. The summed E-state index contributed by atoms with van der Waals surface area (Å²) in [4.78, 5) is 10.4. The third-order valence-corrected chi connectivity index (χ3v) is 4.06. The lowest BCUT2D eigenvalue weighted by atomic mass is 10.1. The maximum atomic E-state index is 13.2. The molecule has 0 aliphatic carbocycles. The fraction of sp³-hybridized carbons (Fsp3) is 0.0714. The molecule has 118 valence electrons. The first-order valence-electron chi connectivity index (χ1n) is 6.49. The van der Waals surface area contributed by atoms with Crippen LogP contribution in [-0.2, 0) is 10.1 Å². The van der Waals surface area contributed by atoms with Gasteiger partial charge in [-0.1, -0.05) is 30.3 Å². The normalized spacial score (nSPS) is 11.6. The van der Waals surface area contributed by atoms with Gasteiger partial charge in [0.2, 0.25) is 5.95 Å². The molecule has 1 heterocycles. The van der Waals surface area contributed by atoms with Gasteiger partial charge in [0, 0.05) is 5.39 Å². The van der Waals surface area contributed by atoms with Crippen molar-refractivity contribution in [2.75, 3.05) is 5.32 Å². The number of aryl methyl sites for hydroxylation is 1. The van der Waals surface area contributed by atoms with Gasteiger partial charge in [-0.3, -0.25) is 4.55 Å². The number of hydrogen-bond acceptors (Lipinski definition) is 6. The minimum absolute atomic E-state index is 0.0381. The van der Waals surface area contributed by atoms with Gasteiger partial charge in [-0.15, -0.1) is 0 Å². The van der Waals surface area contributed by atoms with E-state index in [4.69, 9.17) is 0 Å². The number of fused-ring (bicyclic) bond motifs is 1. The predicted octanol–water partition coefficient (Wildman–Crippen LogP) is 2.46. The molecule has 0 amide bonds. The fourth-order valence-electron chi connectivity index (χ4n) is 2.24. The van der Waals surface area contributed by atoms with E-state index in [1.807, 2.05) is 0 Å². The summed E-state index contributed by atoms with van der Waals surface area (Å²) in [5, 5.41) is 3.57. The highest BCUT2D eigenvalue weighted by molar-refractivity contribution is 7.86. The average molecular weight is 334 g/mol. The second kappa shape index (κ2) is 5.52. The van der Waals surface area contributed by atoms with Crippen LogP contribution in [0.5, 0.6) is 0 Å². The number of benzene rings is 2. The first-order chi connectivity index (χ1) is 10.8. The van der Waals surface area contributed by atoms with Crippen LogP contribution in [0.1, 0.15) is 5.82 Å². The van der Waals surface area contributed by atoms with Crippen molar-refractivity contribution in [2.24, 2.45) is 0 Å². The van der Waals surface area contributed by atoms with E-state index in [9.17, 15) is 17.4 Å². The van der Waals surface area contributed by atoms with Gasteiger partial charge in [-0.25, -0.2) is 0 Å². The SMILES string of the molecule is Cc1nc(F)nc(Nc2ccc3ccccc3c2S(=O)(=O)O)n1. The van der Waals surface area contributed by atoms with Crippen LogP contribution in [0.15, 0.2) is 41.3 Å². The molecule has 0 bridgehead atoms. The Kier molecular flexibility index (Phi) is 3.66. The second-order valence-corrected chi connectivity index (χ2v) is 6.10. The van der Waals surface area contributed by atoms with E-state index in [1.165, 1.54) is 13.0 Å². The van der Waals surface area contributed by atoms with E-state index in [0.29, 0.717) is 10.8 Å². The van der Waals surface area contributed by atoms with Crippen molar-refractivity contribution in [3.63, 3.8) is 0 Å². The molecule has 0 unspecified atom stereocenters. The summed E-state index contributed by atoms with van der Waals surface area (Å²) in [6.45, 7) is 1.47. The molecule has 3 rings (SSSR count). The Bertz CT molecular complexity index is 988. The molecule has 0 aliphatic rings. The molecule has 0 radical (unpaired) electrons. The zero-order valence-corrected chi connectivity index (χ0v) is 12.7. The Morgan fingerprint density at radius 1 is 1.09 bits per heavy atom. The van der Waals surface area contributed by atoms with Crippen molar-refractivity contribution in [2.45, 2.75) is 11.8 Å². The molecular weight excluding hydrogens is 323 g/mol. The van der Waals surface area contributed by atoms with Crippen LogP contribution < -0.4 is 5.32 Å². The Morgan fingerprint density at radius 3 is 2.52 bits per heavy atom. The van der Waals surface area contributed by atoms with Crippen LogP contribution in [0.2, 0.25) is 0 Å². The zero-order valence-electron chi connectivity index (χ0n) is 11.9. The first-order valence-corrected chi connectivity index (χ1v) is 7.93. The van der Waals surface area contributed by atoms with Crippen LogP contribution in [0.4, 0.5) is 16.0 Å². The van der Waals surface area contributed by atoms with Gasteiger partial charge < -0.3 is 5.32 Å². The molecule has 0 saturated heterocycles. The molecule has 0 aliphatic heterocycles. The van der Waals surface area contributed by atoms with Gasteiger partial charge >= 0.3 is 6.08 Å². The van der Waals surface area contributed by atoms with Crippen LogP contribution in [0, 0.1) is 13.0 Å². The number of nitrogens with zero attached hydrogens (tertiary/aromatic N) is 3. The maximum absolute atomic E-state index is 13.2. The monoisotopic (exact) mass is 334 g/mol. The minimum atomic E-state index is -4.53. The minimum Gasteiger partial charge on any atom is -0.323 e. The molecule has 0 atom stereocenters. The number of aromatic nitrogens is 3. The molecule has 7 nitrogen and oxygen atoms in total. The summed E-state index contributed by atoms with van der Waals surface area (Å²) < 4.78 is 46.4. The van der Waals surface area contributed by atoms with Crippen LogP contribution in [0.3, 0.4) is 0 Å². The average Bonchev–Trinajstić information content (AvgIpc) is 2.44. The van der Waals surface area contributed by atoms with Crippen LogP contribution in [0.25, 0.3) is 10.8 Å². The van der Waals surface area contributed by atoms with Crippen molar-refractivity contribution < 1.29 is 17.4 Å². The summed E-state index contributed by atoms with van der Waals surface area (Å²) in [7, 11) is -4.53.